The Balaban J connectivity index is 1.80. The molecule has 1 heterocycles. The Morgan fingerprint density at radius 1 is 1.19 bits per heavy atom. The number of aromatic nitrogens is 1. The van der Waals surface area contributed by atoms with E-state index in [2.05, 4.69) is 9.71 Å². The van der Waals surface area contributed by atoms with Gasteiger partial charge in [-0.2, -0.15) is 0 Å². The third-order valence-corrected chi connectivity index (χ3v) is 5.72. The largest absolute Gasteiger partial charge is 0.491 e. The van der Waals surface area contributed by atoms with E-state index in [1.54, 1.807) is 42.5 Å². The van der Waals surface area contributed by atoms with E-state index in [4.69, 9.17) is 4.74 Å². The first-order valence-electron chi connectivity index (χ1n) is 7.87. The maximum Gasteiger partial charge on any atom is 0.262 e. The number of ether oxygens (including phenoxy) is 1. The summed E-state index contributed by atoms with van der Waals surface area (Å²) in [4.78, 5) is 4.22. The molecule has 1 aromatic heterocycles. The number of hydrogen-bond acceptors (Lipinski definition) is 5. The normalized spacial score (nSPS) is 11.3. The Bertz CT molecular complexity index is 1020. The molecule has 3 rings (SSSR count). The lowest BCUT2D eigenvalue weighted by Gasteiger charge is -2.10. The zero-order chi connectivity index (χ0) is 18.7. The molecule has 0 saturated carbocycles. The average Bonchev–Trinajstić information content (AvgIpc) is 3.03. The van der Waals surface area contributed by atoms with Gasteiger partial charge in [-0.1, -0.05) is 12.1 Å². The molecule has 0 aliphatic rings. The highest BCUT2D eigenvalue weighted by Gasteiger charge is 2.17. The lowest BCUT2D eigenvalue weighted by Crippen LogP contribution is -2.13. The molecule has 8 heteroatoms. The second-order valence-electron chi connectivity index (χ2n) is 5.46. The monoisotopic (exact) mass is 392 g/mol. The van der Waals surface area contributed by atoms with Crippen LogP contribution in [0.3, 0.4) is 0 Å². The van der Waals surface area contributed by atoms with Gasteiger partial charge >= 0.3 is 0 Å². The summed E-state index contributed by atoms with van der Waals surface area (Å²) in [5.74, 6) is -0.696. The maximum atomic E-state index is 13.9. The minimum Gasteiger partial charge on any atom is -0.491 e. The molecule has 0 spiro atoms. The molecular weight excluding hydrogens is 375 g/mol. The predicted molar refractivity (Wildman–Crippen MR) is 101 cm³/mol. The summed E-state index contributed by atoms with van der Waals surface area (Å²) < 4.78 is 46.4. The Labute approximate surface area is 155 Å². The highest BCUT2D eigenvalue weighted by Crippen LogP contribution is 2.25. The Kier molecular flexibility index (Phi) is 5.24. The van der Waals surface area contributed by atoms with Crippen LogP contribution in [0.15, 0.2) is 52.7 Å². The van der Waals surface area contributed by atoms with Crippen molar-refractivity contribution in [2.75, 3.05) is 11.3 Å². The topological polar surface area (TPSA) is 68.3 Å². The summed E-state index contributed by atoms with van der Waals surface area (Å²) in [6.45, 7) is 3.95. The van der Waals surface area contributed by atoms with Crippen LogP contribution in [0, 0.1) is 12.7 Å². The predicted octanol–water partition coefficient (Wildman–Crippen LogP) is 4.46. The summed E-state index contributed by atoms with van der Waals surface area (Å²) in [5.41, 5.74) is 2.12. The zero-order valence-electron chi connectivity index (χ0n) is 14.2. The van der Waals surface area contributed by atoms with Crippen molar-refractivity contribution < 1.29 is 17.5 Å². The molecule has 0 aliphatic carbocycles. The minimum atomic E-state index is -3.90. The van der Waals surface area contributed by atoms with Gasteiger partial charge in [0.1, 0.15) is 0 Å². The molecule has 0 bridgehead atoms. The third kappa shape index (κ3) is 4.03. The van der Waals surface area contributed by atoms with Crippen LogP contribution in [0.1, 0.15) is 11.9 Å². The molecular formula is C18H17FN2O3S2. The van der Waals surface area contributed by atoms with E-state index in [-0.39, 0.29) is 10.6 Å². The van der Waals surface area contributed by atoms with Crippen molar-refractivity contribution in [2.24, 2.45) is 0 Å². The second kappa shape index (κ2) is 7.43. The fourth-order valence-electron chi connectivity index (χ4n) is 2.34. The summed E-state index contributed by atoms with van der Waals surface area (Å²) in [6, 6.07) is 10.4. The first-order valence-corrected chi connectivity index (χ1v) is 10.2. The van der Waals surface area contributed by atoms with Crippen molar-refractivity contribution in [3.63, 3.8) is 0 Å². The summed E-state index contributed by atoms with van der Waals surface area (Å²) in [6.07, 6.45) is 0. The van der Waals surface area contributed by atoms with Gasteiger partial charge in [0, 0.05) is 16.6 Å². The fraction of sp³-hybridized carbons (Fsp3) is 0.167. The van der Waals surface area contributed by atoms with Crippen LogP contribution >= 0.6 is 11.3 Å². The number of benzene rings is 2. The number of rotatable bonds is 6. The van der Waals surface area contributed by atoms with Gasteiger partial charge in [-0.15, -0.1) is 11.3 Å². The first kappa shape index (κ1) is 18.3. The first-order chi connectivity index (χ1) is 12.4. The molecule has 0 amide bonds. The van der Waals surface area contributed by atoms with Gasteiger partial charge in [0.25, 0.3) is 10.0 Å². The second-order valence-corrected chi connectivity index (χ2v) is 8.20. The van der Waals surface area contributed by atoms with Crippen LogP contribution in [0.25, 0.3) is 11.3 Å². The van der Waals surface area contributed by atoms with Crippen LogP contribution < -0.4 is 9.46 Å². The van der Waals surface area contributed by atoms with Crippen LogP contribution in [-0.2, 0) is 10.0 Å². The van der Waals surface area contributed by atoms with E-state index in [1.165, 1.54) is 12.1 Å². The molecule has 0 aliphatic heterocycles. The van der Waals surface area contributed by atoms with E-state index in [9.17, 15) is 12.8 Å². The van der Waals surface area contributed by atoms with Crippen molar-refractivity contribution in [2.45, 2.75) is 18.7 Å². The molecule has 0 atom stereocenters. The van der Waals surface area contributed by atoms with Crippen molar-refractivity contribution in [3.05, 3.63) is 58.7 Å². The van der Waals surface area contributed by atoms with Gasteiger partial charge < -0.3 is 4.74 Å². The molecule has 0 radical (unpaired) electrons. The van der Waals surface area contributed by atoms with Crippen molar-refractivity contribution in [1.29, 1.82) is 0 Å². The molecule has 0 unspecified atom stereocenters. The number of sulfonamides is 1. The molecule has 136 valence electrons. The smallest absolute Gasteiger partial charge is 0.262 e. The summed E-state index contributed by atoms with van der Waals surface area (Å²) in [5, 5.41) is 2.90. The molecule has 2 aromatic carbocycles. The lowest BCUT2D eigenvalue weighted by molar-refractivity contribution is 0.321. The van der Waals surface area contributed by atoms with Crippen molar-refractivity contribution >= 4 is 27.0 Å². The van der Waals surface area contributed by atoms with Gasteiger partial charge in [0.05, 0.1) is 22.2 Å². The Hall–Kier alpha value is -2.45. The number of nitrogens with zero attached hydrogens (tertiary/aromatic N) is 1. The van der Waals surface area contributed by atoms with Crippen LogP contribution in [0.2, 0.25) is 0 Å². The fourth-order valence-corrected chi connectivity index (χ4v) is 4.03. The molecule has 1 N–H and O–H groups in total. The SMILES string of the molecule is CCOc1ccc(S(=O)(=O)Nc2ccc(-c3csc(C)n3)cc2)cc1F. The summed E-state index contributed by atoms with van der Waals surface area (Å²) >= 11 is 1.55. The summed E-state index contributed by atoms with van der Waals surface area (Å²) in [7, 11) is -3.90. The van der Waals surface area contributed by atoms with Gasteiger partial charge in [0.15, 0.2) is 11.6 Å². The Morgan fingerprint density at radius 2 is 1.92 bits per heavy atom. The zero-order valence-corrected chi connectivity index (χ0v) is 15.8. The standard InChI is InChI=1S/C18H17FN2O3S2/c1-3-24-18-9-8-15(10-16(18)19)26(22,23)21-14-6-4-13(5-7-14)17-11-25-12(2)20-17/h4-11,21H,3H2,1-2H3. The highest BCUT2D eigenvalue weighted by atomic mass is 32.2. The van der Waals surface area contributed by atoms with Crippen molar-refractivity contribution in [3.8, 4) is 17.0 Å². The van der Waals surface area contributed by atoms with Crippen molar-refractivity contribution in [1.82, 2.24) is 4.98 Å². The highest BCUT2D eigenvalue weighted by molar-refractivity contribution is 7.92. The molecule has 5 nitrogen and oxygen atoms in total. The number of nitrogens with one attached hydrogen (secondary N) is 1. The molecule has 26 heavy (non-hydrogen) atoms. The van der Waals surface area contributed by atoms with Gasteiger partial charge in [-0.25, -0.2) is 17.8 Å². The van der Waals surface area contributed by atoms with Crippen LogP contribution in [0.4, 0.5) is 10.1 Å². The molecule has 0 fully saturated rings. The third-order valence-electron chi connectivity index (χ3n) is 3.57. The van der Waals surface area contributed by atoms with E-state index in [1.807, 2.05) is 12.3 Å². The number of halogens is 1. The Morgan fingerprint density at radius 3 is 2.50 bits per heavy atom. The van der Waals surface area contributed by atoms with Crippen LogP contribution in [0.5, 0.6) is 5.75 Å². The van der Waals surface area contributed by atoms with Gasteiger partial charge in [-0.3, -0.25) is 4.72 Å². The number of thiazole rings is 1. The maximum absolute atomic E-state index is 13.9. The van der Waals surface area contributed by atoms with E-state index >= 15 is 0 Å². The van der Waals surface area contributed by atoms with E-state index in [0.717, 1.165) is 22.3 Å². The number of aryl methyl sites for hydroxylation is 1. The lowest BCUT2D eigenvalue weighted by atomic mass is 10.1. The number of anilines is 1. The van der Waals surface area contributed by atoms with E-state index in [0.29, 0.717) is 12.3 Å². The average molecular weight is 392 g/mol. The van der Waals surface area contributed by atoms with E-state index < -0.39 is 15.8 Å². The number of hydrogen-bond donors (Lipinski definition) is 1. The van der Waals surface area contributed by atoms with Crippen LogP contribution in [-0.4, -0.2) is 20.0 Å². The minimum absolute atomic E-state index is 0.0226. The molecule has 0 saturated heterocycles. The molecule has 3 aromatic rings. The quantitative estimate of drug-likeness (QED) is 0.673. The van der Waals surface area contributed by atoms with Gasteiger partial charge in [-0.05, 0) is 44.2 Å². The van der Waals surface area contributed by atoms with Gasteiger partial charge in [0.2, 0.25) is 0 Å².